The largest absolute Gasteiger partial charge is 0.492 e. The maximum absolute atomic E-state index is 14.4. The monoisotopic (exact) mass is 353 g/mol. The van der Waals surface area contributed by atoms with Crippen LogP contribution in [-0.4, -0.2) is 26.0 Å². The van der Waals surface area contributed by atoms with Crippen molar-refractivity contribution in [1.29, 1.82) is 5.41 Å². The predicted molar refractivity (Wildman–Crippen MR) is 91.3 cm³/mol. The summed E-state index contributed by atoms with van der Waals surface area (Å²) < 4.78 is 24.0. The van der Waals surface area contributed by atoms with Crippen molar-refractivity contribution >= 4 is 29.1 Å². The summed E-state index contributed by atoms with van der Waals surface area (Å²) in [7, 11) is 2.43. The summed E-state index contributed by atoms with van der Waals surface area (Å²) in [5.41, 5.74) is 5.25. The fraction of sp³-hybridized carbons (Fsp3) is 0.125. The smallest absolute Gasteiger partial charge is 0.355 e. The molecule has 0 aliphatic carbocycles. The summed E-state index contributed by atoms with van der Waals surface area (Å²) in [6, 6.07) is 2.79. The molecule has 1 aromatic carbocycles. The minimum Gasteiger partial charge on any atom is -0.492 e. The fourth-order valence-corrected chi connectivity index (χ4v) is 2.07. The van der Waals surface area contributed by atoms with Crippen LogP contribution in [0.15, 0.2) is 42.6 Å². The number of ether oxygens (including phenoxy) is 2. The number of methoxy groups -OCH3 is 2. The molecule has 8 heteroatoms. The fourth-order valence-electron chi connectivity index (χ4n) is 1.85. The lowest BCUT2D eigenvalue weighted by Crippen LogP contribution is -2.26. The van der Waals surface area contributed by atoms with Gasteiger partial charge in [0.2, 0.25) is 0 Å². The topological polar surface area (TPSA) is 97.4 Å². The van der Waals surface area contributed by atoms with Crippen molar-refractivity contribution in [2.45, 2.75) is 0 Å². The number of carbonyl (C=O) groups is 1. The SMILES string of the molecule is C=CC(C(=N)N)=C(NC(=C)c1ccc(Cl)c(OC)c1F)C(=O)OC. The maximum Gasteiger partial charge on any atom is 0.355 e. The van der Waals surface area contributed by atoms with Crippen molar-refractivity contribution in [1.82, 2.24) is 5.32 Å². The second-order valence-corrected chi connectivity index (χ2v) is 4.85. The van der Waals surface area contributed by atoms with Gasteiger partial charge >= 0.3 is 5.97 Å². The molecule has 1 rings (SSSR count). The molecular formula is C16H17ClFN3O3. The zero-order chi connectivity index (χ0) is 18.4. The van der Waals surface area contributed by atoms with E-state index in [4.69, 9.17) is 27.5 Å². The Morgan fingerprint density at radius 3 is 2.54 bits per heavy atom. The van der Waals surface area contributed by atoms with Gasteiger partial charge in [0.25, 0.3) is 0 Å². The van der Waals surface area contributed by atoms with Crippen LogP contribution in [-0.2, 0) is 9.53 Å². The number of amidine groups is 1. The van der Waals surface area contributed by atoms with Crippen LogP contribution in [0.1, 0.15) is 5.56 Å². The Morgan fingerprint density at radius 1 is 1.46 bits per heavy atom. The summed E-state index contributed by atoms with van der Waals surface area (Å²) in [6.07, 6.45) is 1.20. The molecule has 0 amide bonds. The van der Waals surface area contributed by atoms with Gasteiger partial charge in [-0.05, 0) is 12.1 Å². The van der Waals surface area contributed by atoms with Crippen molar-refractivity contribution in [3.05, 3.63) is 59.0 Å². The van der Waals surface area contributed by atoms with Crippen molar-refractivity contribution in [3.8, 4) is 5.75 Å². The normalized spacial score (nSPS) is 11.2. The second-order valence-electron chi connectivity index (χ2n) is 4.44. The first-order chi connectivity index (χ1) is 11.3. The average Bonchev–Trinajstić information content (AvgIpc) is 2.53. The molecule has 0 saturated heterocycles. The first-order valence-corrected chi connectivity index (χ1v) is 6.93. The molecule has 0 bridgehead atoms. The van der Waals surface area contributed by atoms with Gasteiger partial charge in [0.15, 0.2) is 11.6 Å². The Balaban J connectivity index is 3.36. The highest BCUT2D eigenvalue weighted by molar-refractivity contribution is 6.32. The van der Waals surface area contributed by atoms with Crippen molar-refractivity contribution in [2.24, 2.45) is 5.73 Å². The first kappa shape index (κ1) is 19.2. The summed E-state index contributed by atoms with van der Waals surface area (Å²) in [4.78, 5) is 11.9. The Hall–Kier alpha value is -2.80. The molecule has 0 saturated carbocycles. The molecule has 0 radical (unpaired) electrons. The van der Waals surface area contributed by atoms with Gasteiger partial charge in [-0.25, -0.2) is 9.18 Å². The van der Waals surface area contributed by atoms with E-state index in [0.29, 0.717) is 0 Å². The van der Waals surface area contributed by atoms with Crippen LogP contribution in [0.2, 0.25) is 5.02 Å². The molecule has 0 aromatic heterocycles. The van der Waals surface area contributed by atoms with E-state index in [2.05, 4.69) is 23.2 Å². The number of hydrogen-bond donors (Lipinski definition) is 3. The summed E-state index contributed by atoms with van der Waals surface area (Å²) in [6.45, 7) is 7.17. The molecule has 128 valence electrons. The lowest BCUT2D eigenvalue weighted by atomic mass is 10.1. The van der Waals surface area contributed by atoms with Crippen LogP contribution >= 0.6 is 11.6 Å². The van der Waals surface area contributed by atoms with Gasteiger partial charge in [0.1, 0.15) is 11.5 Å². The van der Waals surface area contributed by atoms with E-state index in [-0.39, 0.29) is 33.3 Å². The third kappa shape index (κ3) is 3.94. The number of benzene rings is 1. The number of halogens is 2. The quantitative estimate of drug-likeness (QED) is 0.230. The number of hydrogen-bond acceptors (Lipinski definition) is 5. The van der Waals surface area contributed by atoms with Gasteiger partial charge in [-0.2, -0.15) is 0 Å². The second kappa shape index (κ2) is 8.16. The Kier molecular flexibility index (Phi) is 6.55. The van der Waals surface area contributed by atoms with Crippen molar-refractivity contribution in [3.63, 3.8) is 0 Å². The highest BCUT2D eigenvalue weighted by atomic mass is 35.5. The van der Waals surface area contributed by atoms with E-state index in [9.17, 15) is 9.18 Å². The number of carbonyl (C=O) groups excluding carboxylic acids is 1. The average molecular weight is 354 g/mol. The predicted octanol–water partition coefficient (Wildman–Crippen LogP) is 2.60. The van der Waals surface area contributed by atoms with Crippen LogP contribution in [0.4, 0.5) is 4.39 Å². The zero-order valence-corrected chi connectivity index (χ0v) is 14.0. The summed E-state index contributed by atoms with van der Waals surface area (Å²) in [5, 5.41) is 10.2. The molecule has 0 spiro atoms. The van der Waals surface area contributed by atoms with Crippen molar-refractivity contribution < 1.29 is 18.7 Å². The van der Waals surface area contributed by atoms with E-state index in [1.54, 1.807) is 0 Å². The van der Waals surface area contributed by atoms with E-state index < -0.39 is 17.6 Å². The molecule has 0 fully saturated rings. The van der Waals surface area contributed by atoms with Crippen LogP contribution in [0.3, 0.4) is 0 Å². The van der Waals surface area contributed by atoms with Gasteiger partial charge in [-0.15, -0.1) is 0 Å². The molecule has 0 unspecified atom stereocenters. The van der Waals surface area contributed by atoms with Crippen LogP contribution in [0.25, 0.3) is 5.70 Å². The zero-order valence-electron chi connectivity index (χ0n) is 13.2. The highest BCUT2D eigenvalue weighted by Crippen LogP contribution is 2.32. The molecule has 24 heavy (non-hydrogen) atoms. The molecule has 0 heterocycles. The lowest BCUT2D eigenvalue weighted by Gasteiger charge is -2.16. The van der Waals surface area contributed by atoms with Crippen LogP contribution in [0, 0.1) is 11.2 Å². The summed E-state index contributed by atoms with van der Waals surface area (Å²) in [5.74, 6) is -2.15. The third-order valence-electron chi connectivity index (χ3n) is 3.01. The van der Waals surface area contributed by atoms with E-state index in [0.717, 1.165) is 7.11 Å². The molecule has 6 nitrogen and oxygen atoms in total. The van der Waals surface area contributed by atoms with Gasteiger partial charge in [-0.3, -0.25) is 5.41 Å². The minimum atomic E-state index is -0.817. The molecule has 4 N–H and O–H groups in total. The van der Waals surface area contributed by atoms with Gasteiger partial charge in [0.05, 0.1) is 19.2 Å². The van der Waals surface area contributed by atoms with E-state index in [1.807, 2.05) is 0 Å². The minimum absolute atomic E-state index is 0.00987. The Morgan fingerprint density at radius 2 is 2.08 bits per heavy atom. The highest BCUT2D eigenvalue weighted by Gasteiger charge is 2.20. The molecular weight excluding hydrogens is 337 g/mol. The van der Waals surface area contributed by atoms with Crippen LogP contribution in [0.5, 0.6) is 5.75 Å². The summed E-state index contributed by atoms with van der Waals surface area (Å²) >= 11 is 5.84. The number of esters is 1. The van der Waals surface area contributed by atoms with Crippen LogP contribution < -0.4 is 15.8 Å². The van der Waals surface area contributed by atoms with E-state index in [1.165, 1.54) is 25.3 Å². The lowest BCUT2D eigenvalue weighted by molar-refractivity contribution is -0.136. The number of rotatable bonds is 7. The Bertz CT molecular complexity index is 744. The molecule has 1 aromatic rings. The standard InChI is InChI=1S/C16H17ClFN3O3/c1-5-9(15(19)20)13(16(22)24-4)21-8(2)10-6-7-11(17)14(23-3)12(10)18/h5-7,21H,1-2H2,3-4H3,(H3,19,20). The van der Waals surface area contributed by atoms with E-state index >= 15 is 0 Å². The third-order valence-corrected chi connectivity index (χ3v) is 3.30. The van der Waals surface area contributed by atoms with Gasteiger partial charge in [-0.1, -0.05) is 30.8 Å². The molecule has 0 aliphatic heterocycles. The first-order valence-electron chi connectivity index (χ1n) is 6.56. The number of nitrogens with two attached hydrogens (primary N) is 1. The Labute approximate surface area is 143 Å². The van der Waals surface area contributed by atoms with Crippen molar-refractivity contribution in [2.75, 3.05) is 14.2 Å². The molecule has 0 atom stereocenters. The van der Waals surface area contributed by atoms with Gasteiger partial charge in [0, 0.05) is 16.8 Å². The van der Waals surface area contributed by atoms with Gasteiger partial charge < -0.3 is 20.5 Å². The maximum atomic E-state index is 14.4. The number of nitrogens with one attached hydrogen (secondary N) is 2. The molecule has 0 aliphatic rings.